The molecule has 1 fully saturated rings. The molecule has 1 aliphatic rings. The summed E-state index contributed by atoms with van der Waals surface area (Å²) in [5, 5.41) is 0. The highest BCUT2D eigenvalue weighted by Crippen LogP contribution is 2.16. The molecule has 0 radical (unpaired) electrons. The summed E-state index contributed by atoms with van der Waals surface area (Å²) in [5.41, 5.74) is 0.819. The Bertz CT molecular complexity index is 947. The predicted octanol–water partition coefficient (Wildman–Crippen LogP) is 2.27. The Morgan fingerprint density at radius 3 is 2.40 bits per heavy atom. The summed E-state index contributed by atoms with van der Waals surface area (Å²) in [7, 11) is -2.53. The zero-order chi connectivity index (χ0) is 21.6. The molecule has 162 valence electrons. The minimum absolute atomic E-state index is 0.182. The van der Waals surface area contributed by atoms with E-state index in [0.29, 0.717) is 6.54 Å². The number of amides is 1. The standard InChI is InChI=1S/C22H28FN3O3S/c1-25(15-16-26-13-7-8-14-26)22(27)20(17-18-9-3-2-4-10-18)24-30(28,29)21-12-6-5-11-19(21)23/h2-6,9-12,20,24H,7-8,13-17H2,1H3. The topological polar surface area (TPSA) is 69.7 Å². The van der Waals surface area contributed by atoms with Crippen LogP contribution in [0.15, 0.2) is 59.5 Å². The molecule has 1 heterocycles. The number of likely N-dealkylation sites (N-methyl/N-ethyl adjacent to an activating group) is 1. The molecule has 30 heavy (non-hydrogen) atoms. The van der Waals surface area contributed by atoms with E-state index in [1.165, 1.54) is 18.2 Å². The van der Waals surface area contributed by atoms with Gasteiger partial charge in [0.2, 0.25) is 15.9 Å². The Morgan fingerprint density at radius 2 is 1.73 bits per heavy atom. The molecule has 2 aromatic rings. The second-order valence-corrected chi connectivity index (χ2v) is 9.28. The number of halogens is 1. The van der Waals surface area contributed by atoms with Gasteiger partial charge in [-0.3, -0.25) is 4.79 Å². The van der Waals surface area contributed by atoms with Gasteiger partial charge in [0.1, 0.15) is 16.8 Å². The summed E-state index contributed by atoms with van der Waals surface area (Å²) in [4.78, 5) is 16.5. The van der Waals surface area contributed by atoms with Crippen molar-refractivity contribution >= 4 is 15.9 Å². The van der Waals surface area contributed by atoms with Gasteiger partial charge < -0.3 is 9.80 Å². The number of carbonyl (C=O) groups is 1. The molecule has 1 aliphatic heterocycles. The molecule has 1 unspecified atom stereocenters. The van der Waals surface area contributed by atoms with E-state index in [9.17, 15) is 17.6 Å². The fourth-order valence-corrected chi connectivity index (χ4v) is 4.88. The molecular formula is C22H28FN3O3S. The van der Waals surface area contributed by atoms with Crippen LogP contribution in [0.3, 0.4) is 0 Å². The number of hydrogen-bond donors (Lipinski definition) is 1. The largest absolute Gasteiger partial charge is 0.343 e. The molecule has 1 saturated heterocycles. The SMILES string of the molecule is CN(CCN1CCCC1)C(=O)C(Cc1ccccc1)NS(=O)(=O)c1ccccc1F. The molecule has 8 heteroatoms. The first-order valence-electron chi connectivity index (χ1n) is 10.1. The Labute approximate surface area is 177 Å². The van der Waals surface area contributed by atoms with E-state index in [1.807, 2.05) is 30.3 Å². The van der Waals surface area contributed by atoms with Crippen LogP contribution in [-0.2, 0) is 21.2 Å². The number of sulfonamides is 1. The maximum Gasteiger partial charge on any atom is 0.244 e. The molecule has 0 bridgehead atoms. The fraction of sp³-hybridized carbons (Fsp3) is 0.409. The summed E-state index contributed by atoms with van der Waals surface area (Å²) in [5.74, 6) is -1.18. The third kappa shape index (κ3) is 5.87. The summed E-state index contributed by atoms with van der Waals surface area (Å²) >= 11 is 0. The summed E-state index contributed by atoms with van der Waals surface area (Å²) in [6, 6.07) is 13.3. The lowest BCUT2D eigenvalue weighted by molar-refractivity contribution is -0.131. The minimum Gasteiger partial charge on any atom is -0.343 e. The molecule has 1 atom stereocenters. The van der Waals surface area contributed by atoms with Crippen molar-refractivity contribution in [3.05, 3.63) is 66.0 Å². The van der Waals surface area contributed by atoms with Crippen LogP contribution in [0.2, 0.25) is 0 Å². The van der Waals surface area contributed by atoms with Crippen molar-refractivity contribution in [2.45, 2.75) is 30.2 Å². The van der Waals surface area contributed by atoms with Gasteiger partial charge in [-0.1, -0.05) is 42.5 Å². The van der Waals surface area contributed by atoms with Gasteiger partial charge in [0.15, 0.2) is 0 Å². The van der Waals surface area contributed by atoms with Crippen LogP contribution in [0.5, 0.6) is 0 Å². The monoisotopic (exact) mass is 433 g/mol. The molecule has 0 spiro atoms. The zero-order valence-corrected chi connectivity index (χ0v) is 17.9. The van der Waals surface area contributed by atoms with Gasteiger partial charge in [-0.25, -0.2) is 12.8 Å². The lowest BCUT2D eigenvalue weighted by atomic mass is 10.1. The number of hydrogen-bond acceptors (Lipinski definition) is 4. The normalized spacial score (nSPS) is 15.8. The first-order chi connectivity index (χ1) is 14.4. The number of likely N-dealkylation sites (tertiary alicyclic amines) is 1. The van der Waals surface area contributed by atoms with Gasteiger partial charge in [-0.15, -0.1) is 0 Å². The number of benzene rings is 2. The van der Waals surface area contributed by atoms with Crippen LogP contribution >= 0.6 is 0 Å². The van der Waals surface area contributed by atoms with Gasteiger partial charge >= 0.3 is 0 Å². The lowest BCUT2D eigenvalue weighted by Gasteiger charge is -2.26. The van der Waals surface area contributed by atoms with Crippen molar-refractivity contribution in [2.75, 3.05) is 33.2 Å². The highest BCUT2D eigenvalue weighted by atomic mass is 32.2. The lowest BCUT2D eigenvalue weighted by Crippen LogP contribution is -2.49. The molecular weight excluding hydrogens is 405 g/mol. The van der Waals surface area contributed by atoms with Crippen LogP contribution in [0.1, 0.15) is 18.4 Å². The second-order valence-electron chi connectivity index (χ2n) is 7.60. The van der Waals surface area contributed by atoms with Gasteiger partial charge in [0, 0.05) is 20.1 Å². The van der Waals surface area contributed by atoms with Gasteiger partial charge in [0.05, 0.1) is 0 Å². The molecule has 2 aromatic carbocycles. The van der Waals surface area contributed by atoms with E-state index in [-0.39, 0.29) is 12.3 Å². The van der Waals surface area contributed by atoms with Crippen LogP contribution < -0.4 is 4.72 Å². The Hall–Kier alpha value is -2.29. The molecule has 0 aromatic heterocycles. The minimum atomic E-state index is -4.20. The predicted molar refractivity (Wildman–Crippen MR) is 114 cm³/mol. The number of rotatable bonds is 9. The Balaban J connectivity index is 1.77. The first kappa shape index (κ1) is 22.4. The summed E-state index contributed by atoms with van der Waals surface area (Å²) in [6.07, 6.45) is 2.51. The molecule has 0 aliphatic carbocycles. The quantitative estimate of drug-likeness (QED) is 0.659. The molecule has 0 saturated carbocycles. The highest BCUT2D eigenvalue weighted by molar-refractivity contribution is 7.89. The van der Waals surface area contributed by atoms with E-state index >= 15 is 0 Å². The second kappa shape index (κ2) is 10.1. The van der Waals surface area contributed by atoms with E-state index < -0.39 is 26.8 Å². The van der Waals surface area contributed by atoms with Crippen molar-refractivity contribution in [2.24, 2.45) is 0 Å². The number of nitrogens with one attached hydrogen (secondary N) is 1. The fourth-order valence-electron chi connectivity index (χ4n) is 3.62. The van der Waals surface area contributed by atoms with Crippen LogP contribution in [0.25, 0.3) is 0 Å². The third-order valence-electron chi connectivity index (χ3n) is 5.33. The van der Waals surface area contributed by atoms with Gasteiger partial charge in [-0.2, -0.15) is 4.72 Å². The van der Waals surface area contributed by atoms with Crippen molar-refractivity contribution < 1.29 is 17.6 Å². The van der Waals surface area contributed by atoms with Crippen LogP contribution in [-0.4, -0.2) is 63.4 Å². The summed E-state index contributed by atoms with van der Waals surface area (Å²) in [6.45, 7) is 3.30. The van der Waals surface area contributed by atoms with Crippen molar-refractivity contribution in [3.8, 4) is 0 Å². The first-order valence-corrected chi connectivity index (χ1v) is 11.6. The third-order valence-corrected chi connectivity index (χ3v) is 6.84. The van der Waals surface area contributed by atoms with Crippen molar-refractivity contribution in [3.63, 3.8) is 0 Å². The molecule has 1 N–H and O–H groups in total. The van der Waals surface area contributed by atoms with Gasteiger partial charge in [-0.05, 0) is 50.0 Å². The maximum atomic E-state index is 14.1. The number of nitrogens with zero attached hydrogens (tertiary/aromatic N) is 2. The summed E-state index contributed by atoms with van der Waals surface area (Å²) < 4.78 is 42.2. The number of carbonyl (C=O) groups excluding carboxylic acids is 1. The van der Waals surface area contributed by atoms with E-state index in [1.54, 1.807) is 11.9 Å². The molecule has 3 rings (SSSR count). The average Bonchev–Trinajstić information content (AvgIpc) is 3.25. The van der Waals surface area contributed by atoms with Crippen molar-refractivity contribution in [1.82, 2.24) is 14.5 Å². The average molecular weight is 434 g/mol. The maximum absolute atomic E-state index is 14.1. The van der Waals surface area contributed by atoms with Crippen LogP contribution in [0, 0.1) is 5.82 Å². The van der Waals surface area contributed by atoms with E-state index in [0.717, 1.165) is 44.1 Å². The highest BCUT2D eigenvalue weighted by Gasteiger charge is 2.30. The van der Waals surface area contributed by atoms with Gasteiger partial charge in [0.25, 0.3) is 0 Å². The smallest absolute Gasteiger partial charge is 0.244 e. The molecule has 1 amide bonds. The van der Waals surface area contributed by atoms with Crippen LogP contribution in [0.4, 0.5) is 4.39 Å². The van der Waals surface area contributed by atoms with Crippen molar-refractivity contribution in [1.29, 1.82) is 0 Å². The molecule has 6 nitrogen and oxygen atoms in total. The van der Waals surface area contributed by atoms with E-state index in [2.05, 4.69) is 9.62 Å². The zero-order valence-electron chi connectivity index (χ0n) is 17.1. The Kier molecular flexibility index (Phi) is 7.58. The van der Waals surface area contributed by atoms with E-state index in [4.69, 9.17) is 0 Å². The Morgan fingerprint density at radius 1 is 1.10 bits per heavy atom.